The van der Waals surface area contributed by atoms with Gasteiger partial charge in [-0.1, -0.05) is 12.1 Å². The number of carbonyl (C=O) groups excluding carboxylic acids is 1. The van der Waals surface area contributed by atoms with Crippen LogP contribution in [-0.4, -0.2) is 44.2 Å². The van der Waals surface area contributed by atoms with E-state index in [0.717, 1.165) is 44.5 Å². The van der Waals surface area contributed by atoms with Crippen molar-refractivity contribution in [1.29, 1.82) is 5.26 Å². The molecule has 0 saturated carbocycles. The minimum atomic E-state index is 0.0994. The molecule has 1 fully saturated rings. The van der Waals surface area contributed by atoms with Crippen LogP contribution in [0.2, 0.25) is 0 Å². The van der Waals surface area contributed by atoms with Crippen molar-refractivity contribution in [3.8, 4) is 6.07 Å². The summed E-state index contributed by atoms with van der Waals surface area (Å²) >= 11 is 0. The van der Waals surface area contributed by atoms with Crippen LogP contribution in [0, 0.1) is 17.2 Å². The fourth-order valence-corrected chi connectivity index (χ4v) is 2.99. The average molecular weight is 315 g/mol. The van der Waals surface area contributed by atoms with Crippen molar-refractivity contribution in [2.24, 2.45) is 5.92 Å². The van der Waals surface area contributed by atoms with Crippen LogP contribution >= 0.6 is 0 Å². The number of nitriles is 1. The monoisotopic (exact) mass is 315 g/mol. The Morgan fingerprint density at radius 3 is 3.09 bits per heavy atom. The van der Waals surface area contributed by atoms with E-state index < -0.39 is 0 Å². The van der Waals surface area contributed by atoms with Crippen LogP contribution in [0.4, 0.5) is 0 Å². The summed E-state index contributed by atoms with van der Waals surface area (Å²) < 4.78 is 4.96. The Labute approximate surface area is 138 Å². The van der Waals surface area contributed by atoms with Crippen molar-refractivity contribution >= 4 is 5.91 Å². The summed E-state index contributed by atoms with van der Waals surface area (Å²) in [5.74, 6) is 0.248. The summed E-state index contributed by atoms with van der Waals surface area (Å²) in [7, 11) is 1.64. The summed E-state index contributed by atoms with van der Waals surface area (Å²) in [6, 6.07) is 9.94. The predicted molar refractivity (Wildman–Crippen MR) is 88.7 cm³/mol. The highest BCUT2D eigenvalue weighted by Gasteiger charge is 2.22. The van der Waals surface area contributed by atoms with Crippen molar-refractivity contribution in [3.63, 3.8) is 0 Å². The fourth-order valence-electron chi connectivity index (χ4n) is 2.99. The lowest BCUT2D eigenvalue weighted by Crippen LogP contribution is -2.33. The molecule has 1 unspecified atom stereocenters. The Bertz CT molecular complexity index is 553. The highest BCUT2D eigenvalue weighted by molar-refractivity contribution is 5.78. The Kier molecular flexibility index (Phi) is 7.05. The van der Waals surface area contributed by atoms with Gasteiger partial charge in [-0.3, -0.25) is 9.69 Å². The van der Waals surface area contributed by atoms with E-state index in [1.165, 1.54) is 0 Å². The van der Waals surface area contributed by atoms with Crippen LogP contribution in [0.15, 0.2) is 24.3 Å². The molecular weight excluding hydrogens is 290 g/mol. The maximum atomic E-state index is 12.2. The zero-order valence-electron chi connectivity index (χ0n) is 13.8. The molecule has 1 aliphatic heterocycles. The minimum Gasteiger partial charge on any atom is -0.383 e. The van der Waals surface area contributed by atoms with Gasteiger partial charge in [0.2, 0.25) is 5.91 Å². The molecule has 2 rings (SSSR count). The van der Waals surface area contributed by atoms with Gasteiger partial charge in [0.15, 0.2) is 0 Å². The zero-order valence-corrected chi connectivity index (χ0v) is 13.8. The molecule has 1 aliphatic rings. The van der Waals surface area contributed by atoms with Gasteiger partial charge >= 0.3 is 0 Å². The fraction of sp³-hybridized carbons (Fsp3) is 0.556. The lowest BCUT2D eigenvalue weighted by molar-refractivity contribution is -0.125. The van der Waals surface area contributed by atoms with E-state index >= 15 is 0 Å². The van der Waals surface area contributed by atoms with Crippen molar-refractivity contribution in [2.75, 3.05) is 33.4 Å². The quantitative estimate of drug-likeness (QED) is 0.815. The second kappa shape index (κ2) is 9.29. The van der Waals surface area contributed by atoms with Crippen molar-refractivity contribution in [2.45, 2.75) is 25.8 Å². The maximum absolute atomic E-state index is 12.2. The number of nitrogens with zero attached hydrogens (tertiary/aromatic N) is 2. The van der Waals surface area contributed by atoms with Gasteiger partial charge in [-0.15, -0.1) is 0 Å². The number of nitrogens with one attached hydrogen (secondary N) is 1. The predicted octanol–water partition coefficient (Wildman–Crippen LogP) is 1.92. The number of hydrogen-bond acceptors (Lipinski definition) is 4. The molecule has 0 spiro atoms. The van der Waals surface area contributed by atoms with Gasteiger partial charge in [-0.05, 0) is 50.0 Å². The Hall–Kier alpha value is -1.90. The number of hydrogen-bond donors (Lipinski definition) is 1. The number of benzene rings is 1. The molecular formula is C18H25N3O2. The molecule has 1 heterocycles. The molecule has 0 aromatic heterocycles. The summed E-state index contributed by atoms with van der Waals surface area (Å²) in [6.45, 7) is 3.89. The number of methoxy groups -OCH3 is 1. The number of ether oxygens (including phenoxy) is 1. The molecule has 1 aromatic carbocycles. The van der Waals surface area contributed by atoms with Gasteiger partial charge in [0.25, 0.3) is 0 Å². The Balaban J connectivity index is 1.83. The van der Waals surface area contributed by atoms with Gasteiger partial charge in [0.1, 0.15) is 0 Å². The van der Waals surface area contributed by atoms with E-state index in [1.54, 1.807) is 7.11 Å². The van der Waals surface area contributed by atoms with E-state index in [0.29, 0.717) is 18.7 Å². The van der Waals surface area contributed by atoms with E-state index in [9.17, 15) is 4.79 Å². The first kappa shape index (κ1) is 17.5. The van der Waals surface area contributed by atoms with Crippen LogP contribution in [0.3, 0.4) is 0 Å². The third-order valence-electron chi connectivity index (χ3n) is 4.26. The van der Waals surface area contributed by atoms with Gasteiger partial charge in [0.05, 0.1) is 18.2 Å². The molecule has 0 bridgehead atoms. The van der Waals surface area contributed by atoms with E-state index in [4.69, 9.17) is 10.00 Å². The molecule has 5 heteroatoms. The third kappa shape index (κ3) is 5.66. The van der Waals surface area contributed by atoms with Crippen LogP contribution < -0.4 is 5.32 Å². The molecule has 23 heavy (non-hydrogen) atoms. The standard InChI is InChI=1S/C18H25N3O2/c1-23-11-8-20-18(22)17-6-3-9-21(10-7-17)14-16-5-2-4-15(12-16)13-19/h2,4-5,12,17H,3,6-11,14H2,1H3,(H,20,22). The molecule has 1 aromatic rings. The second-order valence-corrected chi connectivity index (χ2v) is 6.00. The van der Waals surface area contributed by atoms with Crippen LogP contribution in [0.25, 0.3) is 0 Å². The minimum absolute atomic E-state index is 0.0994. The third-order valence-corrected chi connectivity index (χ3v) is 4.26. The maximum Gasteiger partial charge on any atom is 0.223 e. The van der Waals surface area contributed by atoms with E-state index in [2.05, 4.69) is 22.4 Å². The molecule has 0 aliphatic carbocycles. The first-order chi connectivity index (χ1) is 11.2. The lowest BCUT2D eigenvalue weighted by Gasteiger charge is -2.20. The second-order valence-electron chi connectivity index (χ2n) is 6.00. The molecule has 1 N–H and O–H groups in total. The Morgan fingerprint density at radius 1 is 1.43 bits per heavy atom. The normalized spacial score (nSPS) is 18.9. The highest BCUT2D eigenvalue weighted by Crippen LogP contribution is 2.19. The van der Waals surface area contributed by atoms with Gasteiger partial charge in [-0.25, -0.2) is 0 Å². The summed E-state index contributed by atoms with van der Waals surface area (Å²) in [6.07, 6.45) is 2.85. The molecule has 0 radical (unpaired) electrons. The number of carbonyl (C=O) groups is 1. The topological polar surface area (TPSA) is 65.4 Å². The first-order valence-electron chi connectivity index (χ1n) is 8.21. The lowest BCUT2D eigenvalue weighted by atomic mass is 10.00. The van der Waals surface area contributed by atoms with E-state index in [1.807, 2.05) is 18.2 Å². The van der Waals surface area contributed by atoms with Gasteiger partial charge in [0, 0.05) is 26.1 Å². The molecule has 124 valence electrons. The summed E-state index contributed by atoms with van der Waals surface area (Å²) in [4.78, 5) is 14.5. The summed E-state index contributed by atoms with van der Waals surface area (Å²) in [5, 5.41) is 11.9. The van der Waals surface area contributed by atoms with Crippen molar-refractivity contribution in [1.82, 2.24) is 10.2 Å². The number of amides is 1. The van der Waals surface area contributed by atoms with Gasteiger partial charge < -0.3 is 10.1 Å². The molecule has 1 amide bonds. The van der Waals surface area contributed by atoms with Crippen molar-refractivity contribution < 1.29 is 9.53 Å². The highest BCUT2D eigenvalue weighted by atomic mass is 16.5. The number of likely N-dealkylation sites (tertiary alicyclic amines) is 1. The molecule has 1 saturated heterocycles. The van der Waals surface area contributed by atoms with Gasteiger partial charge in [-0.2, -0.15) is 5.26 Å². The number of rotatable bonds is 6. The van der Waals surface area contributed by atoms with Crippen LogP contribution in [0.5, 0.6) is 0 Å². The van der Waals surface area contributed by atoms with Crippen LogP contribution in [-0.2, 0) is 16.1 Å². The largest absolute Gasteiger partial charge is 0.383 e. The average Bonchev–Trinajstić information content (AvgIpc) is 2.81. The summed E-state index contributed by atoms with van der Waals surface area (Å²) in [5.41, 5.74) is 1.86. The zero-order chi connectivity index (χ0) is 16.5. The first-order valence-corrected chi connectivity index (χ1v) is 8.21. The molecule has 5 nitrogen and oxygen atoms in total. The SMILES string of the molecule is COCCNC(=O)C1CCCN(Cc2cccc(C#N)c2)CC1. The molecule has 1 atom stereocenters. The van der Waals surface area contributed by atoms with Crippen molar-refractivity contribution in [3.05, 3.63) is 35.4 Å². The van der Waals surface area contributed by atoms with E-state index in [-0.39, 0.29) is 11.8 Å². The van der Waals surface area contributed by atoms with Crippen LogP contribution in [0.1, 0.15) is 30.4 Å². The smallest absolute Gasteiger partial charge is 0.223 e. The Morgan fingerprint density at radius 2 is 2.30 bits per heavy atom.